The number of benzene rings is 1. The summed E-state index contributed by atoms with van der Waals surface area (Å²) in [5, 5.41) is 0. The molecule has 0 unspecified atom stereocenters. The maximum atomic E-state index is 11.6. The van der Waals surface area contributed by atoms with E-state index in [1.165, 1.54) is 5.56 Å². The fourth-order valence-corrected chi connectivity index (χ4v) is 1.48. The Bertz CT molecular complexity index is 359. The standard InChI is InChI=1S/C14H19O4/c1-4-5-12-6-8-13(9-7-12)14(15)18-17-11(2)10-16-3/h6-9H,4-5,10H2,1-3H3. The van der Waals surface area contributed by atoms with Gasteiger partial charge in [-0.2, -0.15) is 4.89 Å². The first-order valence-corrected chi connectivity index (χ1v) is 5.96. The van der Waals surface area contributed by atoms with Crippen molar-refractivity contribution in [1.29, 1.82) is 0 Å². The predicted molar refractivity (Wildman–Crippen MR) is 67.7 cm³/mol. The van der Waals surface area contributed by atoms with E-state index in [9.17, 15) is 4.79 Å². The third-order valence-corrected chi connectivity index (χ3v) is 2.34. The number of rotatable bonds is 7. The molecule has 1 aromatic carbocycles. The molecule has 0 aliphatic carbocycles. The van der Waals surface area contributed by atoms with Gasteiger partial charge in [0.2, 0.25) is 0 Å². The SMILES string of the molecule is CCCc1ccc(C(=O)OO[C](C)COC)cc1. The van der Waals surface area contributed by atoms with E-state index in [1.807, 2.05) is 12.1 Å². The number of methoxy groups -OCH3 is 1. The van der Waals surface area contributed by atoms with Crippen LogP contribution in [0.3, 0.4) is 0 Å². The molecule has 0 atom stereocenters. The quantitative estimate of drug-likeness (QED) is 0.552. The van der Waals surface area contributed by atoms with E-state index >= 15 is 0 Å². The lowest BCUT2D eigenvalue weighted by molar-refractivity contribution is -0.237. The van der Waals surface area contributed by atoms with Crippen LogP contribution in [0.25, 0.3) is 0 Å². The minimum absolute atomic E-state index is 0.294. The molecule has 0 saturated heterocycles. The Morgan fingerprint density at radius 3 is 2.39 bits per heavy atom. The van der Waals surface area contributed by atoms with Crippen LogP contribution in [0.4, 0.5) is 0 Å². The summed E-state index contributed by atoms with van der Waals surface area (Å²) in [7, 11) is 1.54. The molecule has 4 heteroatoms. The highest BCUT2D eigenvalue weighted by atomic mass is 17.2. The Morgan fingerprint density at radius 1 is 1.17 bits per heavy atom. The highest BCUT2D eigenvalue weighted by Crippen LogP contribution is 2.10. The maximum Gasteiger partial charge on any atom is 0.373 e. The molecule has 4 nitrogen and oxygen atoms in total. The van der Waals surface area contributed by atoms with Crippen LogP contribution in [-0.2, 0) is 20.9 Å². The average Bonchev–Trinajstić information content (AvgIpc) is 2.37. The van der Waals surface area contributed by atoms with Crippen LogP contribution in [0.5, 0.6) is 0 Å². The lowest BCUT2D eigenvalue weighted by atomic mass is 10.1. The van der Waals surface area contributed by atoms with Gasteiger partial charge in [0.25, 0.3) is 0 Å². The highest BCUT2D eigenvalue weighted by molar-refractivity contribution is 5.88. The molecular weight excluding hydrogens is 232 g/mol. The van der Waals surface area contributed by atoms with E-state index in [1.54, 1.807) is 26.2 Å². The van der Waals surface area contributed by atoms with E-state index in [-0.39, 0.29) is 0 Å². The van der Waals surface area contributed by atoms with Gasteiger partial charge in [0.1, 0.15) is 0 Å². The van der Waals surface area contributed by atoms with Crippen LogP contribution in [0.1, 0.15) is 36.2 Å². The summed E-state index contributed by atoms with van der Waals surface area (Å²) in [5.41, 5.74) is 1.68. The molecule has 0 aromatic heterocycles. The zero-order valence-electron chi connectivity index (χ0n) is 11.1. The molecule has 0 aliphatic rings. The monoisotopic (exact) mass is 251 g/mol. The molecule has 0 aliphatic heterocycles. The van der Waals surface area contributed by atoms with Gasteiger partial charge in [-0.05, 0) is 31.0 Å². The van der Waals surface area contributed by atoms with Crippen LogP contribution in [-0.4, -0.2) is 19.7 Å². The van der Waals surface area contributed by atoms with Gasteiger partial charge in [-0.3, -0.25) is 4.89 Å². The number of carbonyl (C=O) groups is 1. The largest absolute Gasteiger partial charge is 0.381 e. The fourth-order valence-electron chi connectivity index (χ4n) is 1.48. The van der Waals surface area contributed by atoms with Gasteiger partial charge in [-0.25, -0.2) is 4.79 Å². The second-order valence-electron chi connectivity index (χ2n) is 4.04. The molecule has 1 aromatic rings. The maximum absolute atomic E-state index is 11.6. The number of hydrogen-bond donors (Lipinski definition) is 0. The minimum Gasteiger partial charge on any atom is -0.381 e. The summed E-state index contributed by atoms with van der Waals surface area (Å²) in [4.78, 5) is 21.1. The van der Waals surface area contributed by atoms with Crippen molar-refractivity contribution in [3.8, 4) is 0 Å². The topological polar surface area (TPSA) is 44.8 Å². The Labute approximate surface area is 108 Å². The molecule has 0 bridgehead atoms. The summed E-state index contributed by atoms with van der Waals surface area (Å²) < 4.78 is 4.83. The summed E-state index contributed by atoms with van der Waals surface area (Å²) in [6.45, 7) is 4.09. The van der Waals surface area contributed by atoms with Crippen molar-refractivity contribution in [2.24, 2.45) is 0 Å². The Kier molecular flexibility index (Phi) is 6.39. The molecule has 0 heterocycles. The van der Waals surface area contributed by atoms with Crippen LogP contribution in [0.15, 0.2) is 24.3 Å². The Morgan fingerprint density at radius 2 is 1.83 bits per heavy atom. The molecule has 99 valence electrons. The first-order valence-electron chi connectivity index (χ1n) is 5.96. The predicted octanol–water partition coefficient (Wildman–Crippen LogP) is 2.93. The molecule has 0 fully saturated rings. The van der Waals surface area contributed by atoms with Crippen molar-refractivity contribution in [1.82, 2.24) is 0 Å². The third kappa shape index (κ3) is 4.85. The molecular formula is C14H19O4. The van der Waals surface area contributed by atoms with E-state index < -0.39 is 5.97 Å². The molecule has 1 radical (unpaired) electrons. The van der Waals surface area contributed by atoms with Crippen molar-refractivity contribution in [2.45, 2.75) is 26.7 Å². The zero-order chi connectivity index (χ0) is 13.4. The lowest BCUT2D eigenvalue weighted by Gasteiger charge is -2.09. The highest BCUT2D eigenvalue weighted by Gasteiger charge is 2.11. The van der Waals surface area contributed by atoms with Gasteiger partial charge in [0, 0.05) is 7.11 Å². The summed E-state index contributed by atoms with van der Waals surface area (Å²) in [6.07, 6.45) is 2.58. The molecule has 0 amide bonds. The third-order valence-electron chi connectivity index (χ3n) is 2.34. The minimum atomic E-state index is -0.506. The van der Waals surface area contributed by atoms with E-state index in [0.717, 1.165) is 12.8 Å². The second-order valence-corrected chi connectivity index (χ2v) is 4.04. The van der Waals surface area contributed by atoms with Gasteiger partial charge in [0.15, 0.2) is 6.10 Å². The van der Waals surface area contributed by atoms with Crippen LogP contribution >= 0.6 is 0 Å². The number of ether oxygens (including phenoxy) is 1. The molecule has 0 saturated carbocycles. The van der Waals surface area contributed by atoms with Crippen molar-refractivity contribution >= 4 is 5.97 Å². The molecule has 0 spiro atoms. The Balaban J connectivity index is 2.46. The van der Waals surface area contributed by atoms with Gasteiger partial charge < -0.3 is 4.74 Å². The normalized spacial score (nSPS) is 10.7. The molecule has 1 rings (SSSR count). The number of hydrogen-bond acceptors (Lipinski definition) is 4. The van der Waals surface area contributed by atoms with Gasteiger partial charge in [0.05, 0.1) is 12.2 Å². The summed E-state index contributed by atoms with van der Waals surface area (Å²) in [6, 6.07) is 7.32. The van der Waals surface area contributed by atoms with Gasteiger partial charge in [-0.1, -0.05) is 25.5 Å². The lowest BCUT2D eigenvalue weighted by Crippen LogP contribution is -2.11. The molecule has 18 heavy (non-hydrogen) atoms. The van der Waals surface area contributed by atoms with E-state index in [2.05, 4.69) is 11.8 Å². The van der Waals surface area contributed by atoms with Crippen molar-refractivity contribution in [2.75, 3.05) is 13.7 Å². The van der Waals surface area contributed by atoms with Crippen LogP contribution in [0.2, 0.25) is 0 Å². The van der Waals surface area contributed by atoms with Crippen molar-refractivity contribution in [3.63, 3.8) is 0 Å². The molecule has 0 N–H and O–H groups in total. The summed E-state index contributed by atoms with van der Waals surface area (Å²) >= 11 is 0. The fraction of sp³-hybridized carbons (Fsp3) is 0.429. The Hall–Kier alpha value is -1.39. The van der Waals surface area contributed by atoms with Crippen molar-refractivity contribution < 1.29 is 19.3 Å². The summed E-state index contributed by atoms with van der Waals surface area (Å²) in [5.74, 6) is -0.506. The van der Waals surface area contributed by atoms with E-state index in [4.69, 9.17) is 9.62 Å². The van der Waals surface area contributed by atoms with Crippen LogP contribution < -0.4 is 0 Å². The van der Waals surface area contributed by atoms with Crippen LogP contribution in [0, 0.1) is 6.10 Å². The first kappa shape index (κ1) is 14.7. The number of aryl methyl sites for hydroxylation is 1. The first-order chi connectivity index (χ1) is 8.67. The number of carbonyl (C=O) groups excluding carboxylic acids is 1. The second kappa shape index (κ2) is 7.84. The zero-order valence-corrected chi connectivity index (χ0v) is 11.1. The van der Waals surface area contributed by atoms with E-state index in [0.29, 0.717) is 18.3 Å². The smallest absolute Gasteiger partial charge is 0.373 e. The van der Waals surface area contributed by atoms with Gasteiger partial charge in [-0.15, -0.1) is 0 Å². The van der Waals surface area contributed by atoms with Crippen molar-refractivity contribution in [3.05, 3.63) is 41.5 Å². The van der Waals surface area contributed by atoms with Gasteiger partial charge >= 0.3 is 5.97 Å². The average molecular weight is 251 g/mol.